The van der Waals surface area contributed by atoms with Crippen LogP contribution in [0.15, 0.2) is 41.7 Å². The van der Waals surface area contributed by atoms with Crippen molar-refractivity contribution in [3.05, 3.63) is 41.7 Å². The van der Waals surface area contributed by atoms with Gasteiger partial charge in [-0.15, -0.1) is 0 Å². The van der Waals surface area contributed by atoms with E-state index in [1.165, 1.54) is 6.33 Å². The third kappa shape index (κ3) is 1.72. The van der Waals surface area contributed by atoms with Crippen LogP contribution in [0.3, 0.4) is 0 Å². The molecule has 0 spiro atoms. The van der Waals surface area contributed by atoms with Gasteiger partial charge in [0.1, 0.15) is 6.33 Å². The van der Waals surface area contributed by atoms with E-state index in [2.05, 4.69) is 30.9 Å². The van der Waals surface area contributed by atoms with E-state index in [1.807, 2.05) is 6.07 Å². The van der Waals surface area contributed by atoms with Crippen LogP contribution in [-0.2, 0) is 0 Å². The van der Waals surface area contributed by atoms with Crippen LogP contribution in [0, 0.1) is 0 Å². The lowest BCUT2D eigenvalue weighted by atomic mass is 10.1. The molecule has 0 N–H and O–H groups in total. The average Bonchev–Trinajstić information content (AvgIpc) is 2.20. The summed E-state index contributed by atoms with van der Waals surface area (Å²) in [5.41, 5.74) is 2.03. The molecular formula is C9H6BrN3. The molecule has 0 saturated carbocycles. The Hall–Kier alpha value is -1.29. The first-order valence-electron chi connectivity index (χ1n) is 3.73. The first-order chi connectivity index (χ1) is 6.38. The lowest BCUT2D eigenvalue weighted by molar-refractivity contribution is 1.17. The van der Waals surface area contributed by atoms with Crippen molar-refractivity contribution in [2.75, 3.05) is 0 Å². The zero-order valence-corrected chi connectivity index (χ0v) is 8.27. The predicted octanol–water partition coefficient (Wildman–Crippen LogP) is 2.30. The van der Waals surface area contributed by atoms with E-state index in [1.54, 1.807) is 24.8 Å². The Morgan fingerprint density at radius 1 is 1.00 bits per heavy atom. The molecule has 0 radical (unpaired) electrons. The summed E-state index contributed by atoms with van der Waals surface area (Å²) < 4.78 is 0.949. The van der Waals surface area contributed by atoms with E-state index >= 15 is 0 Å². The molecule has 0 amide bonds. The van der Waals surface area contributed by atoms with E-state index in [0.29, 0.717) is 0 Å². The topological polar surface area (TPSA) is 38.7 Å². The Kier molecular flexibility index (Phi) is 2.31. The largest absolute Gasteiger partial charge is 0.264 e. The number of hydrogen-bond acceptors (Lipinski definition) is 3. The number of halogens is 1. The minimum absolute atomic E-state index is 0.949. The summed E-state index contributed by atoms with van der Waals surface area (Å²) in [6, 6.07) is 1.92. The second-order valence-corrected chi connectivity index (χ2v) is 3.34. The average molecular weight is 236 g/mol. The van der Waals surface area contributed by atoms with Crippen molar-refractivity contribution in [3.8, 4) is 11.1 Å². The van der Waals surface area contributed by atoms with Gasteiger partial charge in [0.25, 0.3) is 0 Å². The molecule has 64 valence electrons. The fourth-order valence-electron chi connectivity index (χ4n) is 1.05. The highest BCUT2D eigenvalue weighted by Crippen LogP contribution is 2.25. The van der Waals surface area contributed by atoms with E-state index in [0.717, 1.165) is 15.6 Å². The van der Waals surface area contributed by atoms with Gasteiger partial charge in [-0.25, -0.2) is 9.97 Å². The molecule has 0 unspecified atom stereocenters. The third-order valence-electron chi connectivity index (χ3n) is 1.64. The van der Waals surface area contributed by atoms with E-state index in [9.17, 15) is 0 Å². The van der Waals surface area contributed by atoms with Gasteiger partial charge in [-0.3, -0.25) is 4.98 Å². The molecule has 0 aliphatic carbocycles. The standard InChI is InChI=1S/C9H6BrN3/c10-9-5-11-2-1-8(9)7-3-12-6-13-4-7/h1-6H. The molecule has 3 nitrogen and oxygen atoms in total. The van der Waals surface area contributed by atoms with Gasteiger partial charge in [0.15, 0.2) is 0 Å². The lowest BCUT2D eigenvalue weighted by Crippen LogP contribution is -1.83. The van der Waals surface area contributed by atoms with Crippen LogP contribution >= 0.6 is 15.9 Å². The maximum absolute atomic E-state index is 3.98. The van der Waals surface area contributed by atoms with Gasteiger partial charge in [-0.1, -0.05) is 0 Å². The molecule has 0 bridgehead atoms. The Morgan fingerprint density at radius 2 is 1.77 bits per heavy atom. The van der Waals surface area contributed by atoms with Crippen molar-refractivity contribution in [1.82, 2.24) is 15.0 Å². The van der Waals surface area contributed by atoms with Gasteiger partial charge in [0.2, 0.25) is 0 Å². The van der Waals surface area contributed by atoms with Crippen molar-refractivity contribution in [2.45, 2.75) is 0 Å². The molecule has 2 aromatic heterocycles. The Labute approximate surface area is 84.0 Å². The molecule has 0 atom stereocenters. The van der Waals surface area contributed by atoms with Gasteiger partial charge in [0, 0.05) is 40.4 Å². The summed E-state index contributed by atoms with van der Waals surface area (Å²) in [5, 5.41) is 0. The van der Waals surface area contributed by atoms with Gasteiger partial charge in [-0.05, 0) is 22.0 Å². The minimum atomic E-state index is 0.949. The normalized spacial score (nSPS) is 9.92. The van der Waals surface area contributed by atoms with Crippen LogP contribution in [0.4, 0.5) is 0 Å². The van der Waals surface area contributed by atoms with Crippen LogP contribution in [0.5, 0.6) is 0 Å². The SMILES string of the molecule is Brc1cnccc1-c1cncnc1. The van der Waals surface area contributed by atoms with Crippen molar-refractivity contribution < 1.29 is 0 Å². The van der Waals surface area contributed by atoms with Crippen molar-refractivity contribution in [2.24, 2.45) is 0 Å². The van der Waals surface area contributed by atoms with Crippen molar-refractivity contribution in [1.29, 1.82) is 0 Å². The van der Waals surface area contributed by atoms with Gasteiger partial charge in [0.05, 0.1) is 0 Å². The second kappa shape index (κ2) is 3.62. The first-order valence-corrected chi connectivity index (χ1v) is 4.52. The van der Waals surface area contributed by atoms with Crippen LogP contribution in [-0.4, -0.2) is 15.0 Å². The zero-order chi connectivity index (χ0) is 9.10. The number of aromatic nitrogens is 3. The van der Waals surface area contributed by atoms with E-state index < -0.39 is 0 Å². The highest BCUT2D eigenvalue weighted by atomic mass is 79.9. The van der Waals surface area contributed by atoms with Gasteiger partial charge in [-0.2, -0.15) is 0 Å². The summed E-state index contributed by atoms with van der Waals surface area (Å²) in [4.78, 5) is 11.9. The summed E-state index contributed by atoms with van der Waals surface area (Å²) in [5.74, 6) is 0. The predicted molar refractivity (Wildman–Crippen MR) is 53.0 cm³/mol. The number of pyridine rings is 1. The highest BCUT2D eigenvalue weighted by molar-refractivity contribution is 9.10. The van der Waals surface area contributed by atoms with Crippen molar-refractivity contribution >= 4 is 15.9 Å². The summed E-state index contributed by atoms with van der Waals surface area (Å²) in [6.07, 6.45) is 8.55. The van der Waals surface area contributed by atoms with Crippen LogP contribution < -0.4 is 0 Å². The van der Waals surface area contributed by atoms with Crippen LogP contribution in [0.1, 0.15) is 0 Å². The molecule has 2 aromatic rings. The fourth-order valence-corrected chi connectivity index (χ4v) is 1.53. The number of hydrogen-bond donors (Lipinski definition) is 0. The number of nitrogens with zero attached hydrogens (tertiary/aromatic N) is 3. The van der Waals surface area contributed by atoms with Crippen LogP contribution in [0.2, 0.25) is 0 Å². The third-order valence-corrected chi connectivity index (χ3v) is 2.28. The molecule has 2 rings (SSSR count). The van der Waals surface area contributed by atoms with Gasteiger partial charge >= 0.3 is 0 Å². The monoisotopic (exact) mass is 235 g/mol. The maximum atomic E-state index is 3.98. The molecule has 4 heteroatoms. The molecule has 0 aliphatic rings. The summed E-state index contributed by atoms with van der Waals surface area (Å²) >= 11 is 3.41. The zero-order valence-electron chi connectivity index (χ0n) is 6.68. The molecule has 0 saturated heterocycles. The molecular weight excluding hydrogens is 230 g/mol. The smallest absolute Gasteiger partial charge is 0.115 e. The summed E-state index contributed by atoms with van der Waals surface area (Å²) in [6.45, 7) is 0. The minimum Gasteiger partial charge on any atom is -0.264 e. The molecule has 0 fully saturated rings. The van der Waals surface area contributed by atoms with Crippen molar-refractivity contribution in [3.63, 3.8) is 0 Å². The Bertz CT molecular complexity index is 403. The second-order valence-electron chi connectivity index (χ2n) is 2.48. The Balaban J connectivity index is 2.54. The van der Waals surface area contributed by atoms with Gasteiger partial charge < -0.3 is 0 Å². The van der Waals surface area contributed by atoms with E-state index in [4.69, 9.17) is 0 Å². The van der Waals surface area contributed by atoms with Crippen LogP contribution in [0.25, 0.3) is 11.1 Å². The highest BCUT2D eigenvalue weighted by Gasteiger charge is 2.01. The first kappa shape index (κ1) is 8.31. The Morgan fingerprint density at radius 3 is 2.46 bits per heavy atom. The molecule has 13 heavy (non-hydrogen) atoms. The lowest BCUT2D eigenvalue weighted by Gasteiger charge is -2.01. The fraction of sp³-hybridized carbons (Fsp3) is 0. The maximum Gasteiger partial charge on any atom is 0.115 e. The summed E-state index contributed by atoms with van der Waals surface area (Å²) in [7, 11) is 0. The quantitative estimate of drug-likeness (QED) is 0.762. The number of rotatable bonds is 1. The molecule has 0 aliphatic heterocycles. The van der Waals surface area contributed by atoms with E-state index in [-0.39, 0.29) is 0 Å². The molecule has 0 aromatic carbocycles. The molecule has 2 heterocycles.